The Morgan fingerprint density at radius 2 is 1.90 bits per heavy atom. The molecule has 0 radical (unpaired) electrons. The van der Waals surface area contributed by atoms with Crippen LogP contribution in [0.25, 0.3) is 0 Å². The van der Waals surface area contributed by atoms with Gasteiger partial charge in [-0.1, -0.05) is 19.6 Å². The van der Waals surface area contributed by atoms with Crippen molar-refractivity contribution in [3.8, 4) is 5.75 Å². The number of carbonyl (C=O) groups is 1. The lowest BCUT2D eigenvalue weighted by Gasteiger charge is -2.36. The fraction of sp³-hybridized carbons (Fsp3) is 0.381. The number of halogens is 4. The van der Waals surface area contributed by atoms with E-state index in [-0.39, 0.29) is 18.8 Å². The Labute approximate surface area is 178 Å². The highest BCUT2D eigenvalue weighted by molar-refractivity contribution is 5.97. The summed E-state index contributed by atoms with van der Waals surface area (Å²) in [5.41, 5.74) is -1.01. The zero-order valence-corrected chi connectivity index (χ0v) is 17.3. The van der Waals surface area contributed by atoms with Gasteiger partial charge in [0.25, 0.3) is 5.91 Å². The monoisotopic (exact) mass is 440 g/mol. The van der Waals surface area contributed by atoms with Crippen LogP contribution in [0.15, 0.2) is 59.8 Å². The maximum atomic E-state index is 13.1. The Bertz CT molecular complexity index is 868. The van der Waals surface area contributed by atoms with E-state index in [0.29, 0.717) is 31.1 Å². The molecule has 1 aromatic rings. The van der Waals surface area contributed by atoms with E-state index in [0.717, 1.165) is 12.3 Å². The van der Waals surface area contributed by atoms with Gasteiger partial charge in [0, 0.05) is 32.4 Å². The molecule has 1 aromatic heterocycles. The van der Waals surface area contributed by atoms with Gasteiger partial charge in [0.2, 0.25) is 0 Å². The van der Waals surface area contributed by atoms with Crippen LogP contribution >= 0.6 is 0 Å². The molecule has 0 unspecified atom stereocenters. The molecule has 2 rings (SSSR count). The largest absolute Gasteiger partial charge is 0.452 e. The molecule has 31 heavy (non-hydrogen) atoms. The zero-order valence-electron chi connectivity index (χ0n) is 17.3. The van der Waals surface area contributed by atoms with Crippen molar-refractivity contribution in [3.63, 3.8) is 0 Å². The molecule has 0 aliphatic carbocycles. The lowest BCUT2D eigenvalue weighted by molar-refractivity contribution is -0.141. The number of aliphatic imine (C=N–C) groups is 1. The van der Waals surface area contributed by atoms with Crippen LogP contribution < -0.4 is 4.74 Å². The van der Waals surface area contributed by atoms with E-state index >= 15 is 0 Å². The number of ether oxygens (including phenoxy) is 1. The van der Waals surface area contributed by atoms with Gasteiger partial charge in [0.05, 0.1) is 6.20 Å². The number of hydrogen-bond acceptors (Lipinski definition) is 4. The number of piperazine rings is 1. The third-order valence-corrected chi connectivity index (χ3v) is 4.31. The average molecular weight is 440 g/mol. The number of alkyl halides is 3. The van der Waals surface area contributed by atoms with Gasteiger partial charge < -0.3 is 14.5 Å². The summed E-state index contributed by atoms with van der Waals surface area (Å²) >= 11 is 0. The second-order valence-corrected chi connectivity index (χ2v) is 6.57. The van der Waals surface area contributed by atoms with Gasteiger partial charge >= 0.3 is 6.18 Å². The third kappa shape index (κ3) is 6.66. The predicted molar refractivity (Wildman–Crippen MR) is 109 cm³/mol. The SMILES string of the molecule is C=C(F)C(=O)N1CCN(C(=N/C=C\C)/C(=C/CC)Oc2ccc(C(F)(F)F)nc2)CC1. The van der Waals surface area contributed by atoms with Crippen molar-refractivity contribution in [1.29, 1.82) is 0 Å². The molecule has 1 aliphatic rings. The van der Waals surface area contributed by atoms with Crippen LogP contribution in [0.3, 0.4) is 0 Å². The molecule has 1 aliphatic heterocycles. The number of carbonyl (C=O) groups excluding carboxylic acids is 1. The summed E-state index contributed by atoms with van der Waals surface area (Å²) in [6.45, 7) is 7.96. The maximum absolute atomic E-state index is 13.1. The number of pyridine rings is 1. The normalized spacial score (nSPS) is 16.1. The molecule has 0 bridgehead atoms. The number of rotatable bonds is 6. The first-order valence-corrected chi connectivity index (χ1v) is 9.66. The minimum Gasteiger partial charge on any atom is -0.452 e. The van der Waals surface area contributed by atoms with Crippen LogP contribution in [-0.4, -0.2) is 52.7 Å². The van der Waals surface area contributed by atoms with E-state index in [4.69, 9.17) is 4.74 Å². The quantitative estimate of drug-likeness (QED) is 0.217. The summed E-state index contributed by atoms with van der Waals surface area (Å²) in [4.78, 5) is 22.8. The molecule has 0 atom stereocenters. The number of hydrogen-bond donors (Lipinski definition) is 0. The van der Waals surface area contributed by atoms with E-state index in [9.17, 15) is 22.4 Å². The number of aromatic nitrogens is 1. The number of amidine groups is 1. The van der Waals surface area contributed by atoms with Gasteiger partial charge in [-0.3, -0.25) is 4.79 Å². The summed E-state index contributed by atoms with van der Waals surface area (Å²) in [5, 5.41) is 0. The van der Waals surface area contributed by atoms with Gasteiger partial charge in [0.1, 0.15) is 11.4 Å². The van der Waals surface area contributed by atoms with Crippen molar-refractivity contribution in [2.45, 2.75) is 26.4 Å². The molecular formula is C21H24F4N4O2. The van der Waals surface area contributed by atoms with Crippen LogP contribution in [0.2, 0.25) is 0 Å². The Morgan fingerprint density at radius 1 is 1.26 bits per heavy atom. The van der Waals surface area contributed by atoms with Crippen LogP contribution in [-0.2, 0) is 11.0 Å². The van der Waals surface area contributed by atoms with E-state index in [2.05, 4.69) is 16.6 Å². The summed E-state index contributed by atoms with van der Waals surface area (Å²) in [6.07, 6.45) is 2.08. The van der Waals surface area contributed by atoms with Gasteiger partial charge in [-0.15, -0.1) is 0 Å². The Kier molecular flexibility index (Phi) is 8.35. The highest BCUT2D eigenvalue weighted by atomic mass is 19.4. The van der Waals surface area contributed by atoms with Crippen molar-refractivity contribution >= 4 is 11.7 Å². The van der Waals surface area contributed by atoms with Gasteiger partial charge in [-0.05, 0) is 31.6 Å². The molecule has 0 spiro atoms. The second kappa shape index (κ2) is 10.7. The summed E-state index contributed by atoms with van der Waals surface area (Å²) in [7, 11) is 0. The van der Waals surface area contributed by atoms with Gasteiger partial charge in [0.15, 0.2) is 17.4 Å². The molecule has 0 aromatic carbocycles. The topological polar surface area (TPSA) is 58.0 Å². The van der Waals surface area contributed by atoms with E-state index in [1.54, 1.807) is 25.3 Å². The fourth-order valence-electron chi connectivity index (χ4n) is 2.84. The van der Waals surface area contributed by atoms with Crippen molar-refractivity contribution < 1.29 is 27.1 Å². The minimum absolute atomic E-state index is 0.128. The molecule has 168 valence electrons. The molecule has 1 fully saturated rings. The highest BCUT2D eigenvalue weighted by Crippen LogP contribution is 2.28. The minimum atomic E-state index is -4.54. The van der Waals surface area contributed by atoms with Gasteiger partial charge in [-0.2, -0.15) is 13.2 Å². The van der Waals surface area contributed by atoms with Crippen molar-refractivity contribution in [3.05, 3.63) is 60.5 Å². The Hall–Kier alpha value is -3.17. The first-order chi connectivity index (χ1) is 14.7. The molecule has 1 amide bonds. The van der Waals surface area contributed by atoms with E-state index in [1.807, 2.05) is 11.8 Å². The van der Waals surface area contributed by atoms with Crippen molar-refractivity contribution in [2.75, 3.05) is 26.2 Å². The molecule has 1 saturated heterocycles. The molecule has 0 saturated carbocycles. The van der Waals surface area contributed by atoms with Crippen molar-refractivity contribution in [1.82, 2.24) is 14.8 Å². The Morgan fingerprint density at radius 3 is 2.39 bits per heavy atom. The number of amides is 1. The van der Waals surface area contributed by atoms with Gasteiger partial charge in [-0.25, -0.2) is 14.4 Å². The van der Waals surface area contributed by atoms with Crippen LogP contribution in [0, 0.1) is 0 Å². The maximum Gasteiger partial charge on any atom is 0.433 e. The predicted octanol–water partition coefficient (Wildman–Crippen LogP) is 4.33. The lowest BCUT2D eigenvalue weighted by atomic mass is 10.2. The standard InChI is InChI=1S/C21H24F4N4O2/c1-4-6-17(31-16-7-8-18(27-14-16)21(23,24)25)19(26-9-5-2)28-10-12-29(13-11-28)20(30)15(3)22/h5-9,14H,3-4,10-13H2,1-2H3/b9-5-,17-6-,26-19+. The van der Waals surface area contributed by atoms with Crippen LogP contribution in [0.1, 0.15) is 26.0 Å². The third-order valence-electron chi connectivity index (χ3n) is 4.31. The Balaban J connectivity index is 2.23. The fourth-order valence-corrected chi connectivity index (χ4v) is 2.84. The molecule has 0 N–H and O–H groups in total. The van der Waals surface area contributed by atoms with Crippen LogP contribution in [0.5, 0.6) is 5.75 Å². The van der Waals surface area contributed by atoms with E-state index in [1.165, 1.54) is 11.0 Å². The number of nitrogens with zero attached hydrogens (tertiary/aromatic N) is 4. The summed E-state index contributed by atoms with van der Waals surface area (Å²) in [6, 6.07) is 2.03. The number of allylic oxidation sites excluding steroid dienone is 2. The molecular weight excluding hydrogens is 416 g/mol. The summed E-state index contributed by atoms with van der Waals surface area (Å²) < 4.78 is 57.2. The zero-order chi connectivity index (χ0) is 23.0. The highest BCUT2D eigenvalue weighted by Gasteiger charge is 2.32. The first kappa shape index (κ1) is 24.1. The lowest BCUT2D eigenvalue weighted by Crippen LogP contribution is -2.51. The molecule has 2 heterocycles. The van der Waals surface area contributed by atoms with Crippen molar-refractivity contribution in [2.24, 2.45) is 4.99 Å². The van der Waals surface area contributed by atoms with E-state index < -0.39 is 23.6 Å². The average Bonchev–Trinajstić information content (AvgIpc) is 2.73. The first-order valence-electron chi connectivity index (χ1n) is 9.66. The molecule has 6 nitrogen and oxygen atoms in total. The molecule has 10 heteroatoms. The second-order valence-electron chi connectivity index (χ2n) is 6.57. The summed E-state index contributed by atoms with van der Waals surface area (Å²) in [5.74, 6) is -0.838. The smallest absolute Gasteiger partial charge is 0.433 e. The van der Waals surface area contributed by atoms with Crippen LogP contribution in [0.4, 0.5) is 17.6 Å².